The Hall–Kier alpha value is -4.53. The van der Waals surface area contributed by atoms with Crippen molar-refractivity contribution in [2.75, 3.05) is 25.6 Å². The van der Waals surface area contributed by atoms with Gasteiger partial charge < -0.3 is 15.3 Å². The summed E-state index contributed by atoms with van der Waals surface area (Å²) >= 11 is 0. The number of carbonyl (C=O) groups is 1. The predicted octanol–water partition coefficient (Wildman–Crippen LogP) is 2.47. The van der Waals surface area contributed by atoms with Gasteiger partial charge in [-0.15, -0.1) is 0 Å². The molecular weight excluding hydrogens is 460 g/mol. The number of hydrogen-bond donors (Lipinski definition) is 2. The Morgan fingerprint density at radius 2 is 1.97 bits per heavy atom. The molecule has 0 atom stereocenters. The Morgan fingerprint density at radius 1 is 1.17 bits per heavy atom. The second-order valence-electron chi connectivity index (χ2n) is 7.38. The number of methoxy groups -OCH3 is 1. The molecule has 1 aromatic carbocycles. The van der Waals surface area contributed by atoms with Crippen molar-refractivity contribution in [3.05, 3.63) is 71.2 Å². The van der Waals surface area contributed by atoms with Crippen LogP contribution in [0, 0.1) is 11.3 Å². The Morgan fingerprint density at radius 3 is 2.72 bits per heavy atom. The summed E-state index contributed by atoms with van der Waals surface area (Å²) in [6.45, 7) is 2.73. The van der Waals surface area contributed by atoms with Gasteiger partial charge in [0.1, 0.15) is 12.3 Å². The van der Waals surface area contributed by atoms with Gasteiger partial charge in [-0.3, -0.25) is 20.1 Å². The fourth-order valence-corrected chi connectivity index (χ4v) is 3.12. The van der Waals surface area contributed by atoms with E-state index in [2.05, 4.69) is 36.4 Å². The molecule has 0 aliphatic carbocycles. The molecule has 36 heavy (non-hydrogen) atoms. The van der Waals surface area contributed by atoms with Crippen LogP contribution >= 0.6 is 0 Å². The highest BCUT2D eigenvalue weighted by Gasteiger charge is 2.13. The Balaban J connectivity index is 1.91. The van der Waals surface area contributed by atoms with Crippen molar-refractivity contribution < 1.29 is 14.3 Å². The molecule has 0 fully saturated rings. The second kappa shape index (κ2) is 13.4. The Bertz CT molecular complexity index is 1300. The lowest BCUT2D eigenvalue weighted by molar-refractivity contribution is -0.120. The number of carbonyl (C=O) groups excluding carboxylic acids is 1. The summed E-state index contributed by atoms with van der Waals surface area (Å²) in [5.74, 6) is 5.28. The average molecular weight is 487 g/mol. The van der Waals surface area contributed by atoms with Gasteiger partial charge >= 0.3 is 0 Å². The minimum absolute atomic E-state index is 0.0399. The number of nitrogens with one attached hydrogen (secondary N) is 1. The summed E-state index contributed by atoms with van der Waals surface area (Å²) in [5, 5.41) is 15.7. The molecule has 0 spiro atoms. The molecule has 3 N–H and O–H groups in total. The topological polar surface area (TPSA) is 161 Å². The lowest BCUT2D eigenvalue weighted by Crippen LogP contribution is -2.21. The van der Waals surface area contributed by atoms with Gasteiger partial charge in [0.25, 0.3) is 5.91 Å². The molecule has 0 saturated heterocycles. The number of hydrazone groups is 1. The van der Waals surface area contributed by atoms with E-state index in [0.29, 0.717) is 35.7 Å². The molecule has 2 aromatic heterocycles. The van der Waals surface area contributed by atoms with Gasteiger partial charge in [-0.1, -0.05) is 18.2 Å². The quantitative estimate of drug-likeness (QED) is 0.237. The Kier molecular flexibility index (Phi) is 9.69. The standard InChI is InChI=1S/C25H26N8O3/c1-3-36-16-24(34)32-25-30-21(18-7-4-6-17(10-18)12-26)11-22(31-25)23(33-27)14-28-13-19-8-5-9-20(29-19)15-35-2/h4-11,14H,3,13,15-16,27H2,1-2H3,(H,30,31,32,34). The molecule has 1 amide bonds. The van der Waals surface area contributed by atoms with Crippen molar-refractivity contribution in [1.82, 2.24) is 15.0 Å². The molecule has 11 heteroatoms. The largest absolute Gasteiger partial charge is 0.378 e. The van der Waals surface area contributed by atoms with E-state index in [0.717, 1.165) is 11.4 Å². The van der Waals surface area contributed by atoms with Crippen LogP contribution in [-0.2, 0) is 27.4 Å². The number of aliphatic imine (C=N–C) groups is 1. The maximum absolute atomic E-state index is 12.2. The van der Waals surface area contributed by atoms with E-state index in [-0.39, 0.29) is 24.8 Å². The number of rotatable bonds is 11. The van der Waals surface area contributed by atoms with Gasteiger partial charge in [-0.25, -0.2) is 9.97 Å². The van der Waals surface area contributed by atoms with Crippen molar-refractivity contribution in [2.45, 2.75) is 20.1 Å². The molecule has 2 heterocycles. The van der Waals surface area contributed by atoms with E-state index >= 15 is 0 Å². The van der Waals surface area contributed by atoms with Crippen molar-refractivity contribution in [3.8, 4) is 17.3 Å². The van der Waals surface area contributed by atoms with E-state index in [4.69, 9.17) is 15.3 Å². The molecule has 0 bridgehead atoms. The normalized spacial score (nSPS) is 11.4. The smallest absolute Gasteiger partial charge is 0.252 e. The van der Waals surface area contributed by atoms with Gasteiger partial charge in [0.15, 0.2) is 0 Å². The SMILES string of the molecule is CCOCC(=O)Nc1nc(C(C=NCc2cccc(COC)n2)=NN)cc(-c2cccc(C#N)c2)n1. The van der Waals surface area contributed by atoms with Crippen molar-refractivity contribution >= 4 is 23.8 Å². The first-order valence-corrected chi connectivity index (χ1v) is 11.0. The lowest BCUT2D eigenvalue weighted by atomic mass is 10.1. The second-order valence-corrected chi connectivity index (χ2v) is 7.38. The van der Waals surface area contributed by atoms with Crippen LogP contribution in [-0.4, -0.2) is 53.1 Å². The fourth-order valence-electron chi connectivity index (χ4n) is 3.12. The molecule has 3 aromatic rings. The number of aromatic nitrogens is 3. The third kappa shape index (κ3) is 7.49. The van der Waals surface area contributed by atoms with Gasteiger partial charge in [0.05, 0.1) is 53.8 Å². The number of benzene rings is 1. The maximum Gasteiger partial charge on any atom is 0.252 e. The zero-order chi connectivity index (χ0) is 25.8. The highest BCUT2D eigenvalue weighted by Crippen LogP contribution is 2.21. The van der Waals surface area contributed by atoms with Crippen LogP contribution in [0.15, 0.2) is 58.6 Å². The van der Waals surface area contributed by atoms with Crippen LogP contribution in [0.25, 0.3) is 11.3 Å². The molecule has 3 rings (SSSR count). The highest BCUT2D eigenvalue weighted by molar-refractivity contribution is 6.37. The number of ether oxygens (including phenoxy) is 2. The zero-order valence-electron chi connectivity index (χ0n) is 20.0. The number of pyridine rings is 1. The van der Waals surface area contributed by atoms with E-state index < -0.39 is 5.91 Å². The van der Waals surface area contributed by atoms with Crippen LogP contribution in [0.1, 0.15) is 29.6 Å². The first-order chi connectivity index (χ1) is 17.6. The fraction of sp³-hybridized carbons (Fsp3) is 0.240. The summed E-state index contributed by atoms with van der Waals surface area (Å²) in [4.78, 5) is 29.9. The van der Waals surface area contributed by atoms with Gasteiger partial charge in [0.2, 0.25) is 5.95 Å². The first-order valence-electron chi connectivity index (χ1n) is 11.0. The predicted molar refractivity (Wildman–Crippen MR) is 135 cm³/mol. The van der Waals surface area contributed by atoms with Gasteiger partial charge in [-0.05, 0) is 37.3 Å². The van der Waals surface area contributed by atoms with E-state index in [1.54, 1.807) is 44.4 Å². The minimum Gasteiger partial charge on any atom is -0.378 e. The summed E-state index contributed by atoms with van der Waals surface area (Å²) in [6, 6.07) is 16.3. The number of nitriles is 1. The lowest BCUT2D eigenvalue weighted by Gasteiger charge is -2.10. The molecule has 0 unspecified atom stereocenters. The molecule has 0 radical (unpaired) electrons. The third-order valence-corrected chi connectivity index (χ3v) is 4.73. The molecule has 0 aliphatic heterocycles. The van der Waals surface area contributed by atoms with E-state index in [9.17, 15) is 10.1 Å². The number of nitrogens with zero attached hydrogens (tertiary/aromatic N) is 6. The average Bonchev–Trinajstić information content (AvgIpc) is 2.90. The maximum atomic E-state index is 12.2. The monoisotopic (exact) mass is 486 g/mol. The molecule has 184 valence electrons. The number of hydrogen-bond acceptors (Lipinski definition) is 10. The molecule has 0 saturated carbocycles. The zero-order valence-corrected chi connectivity index (χ0v) is 20.0. The van der Waals surface area contributed by atoms with Crippen molar-refractivity contribution in [1.29, 1.82) is 5.26 Å². The van der Waals surface area contributed by atoms with Gasteiger partial charge in [-0.2, -0.15) is 10.4 Å². The Labute approximate surface area is 208 Å². The highest BCUT2D eigenvalue weighted by atomic mass is 16.5. The summed E-state index contributed by atoms with van der Waals surface area (Å²) in [5.41, 5.74) is 3.73. The third-order valence-electron chi connectivity index (χ3n) is 4.73. The summed E-state index contributed by atoms with van der Waals surface area (Å²) < 4.78 is 10.3. The van der Waals surface area contributed by atoms with Crippen LogP contribution in [0.2, 0.25) is 0 Å². The van der Waals surface area contributed by atoms with E-state index in [1.807, 2.05) is 18.2 Å². The van der Waals surface area contributed by atoms with Crippen molar-refractivity contribution in [2.24, 2.45) is 15.9 Å². The van der Waals surface area contributed by atoms with Crippen molar-refractivity contribution in [3.63, 3.8) is 0 Å². The van der Waals surface area contributed by atoms with Crippen LogP contribution in [0.4, 0.5) is 5.95 Å². The van der Waals surface area contributed by atoms with E-state index in [1.165, 1.54) is 6.21 Å². The minimum atomic E-state index is -0.410. The van der Waals surface area contributed by atoms with Crippen LogP contribution in [0.5, 0.6) is 0 Å². The van der Waals surface area contributed by atoms with Gasteiger partial charge in [0, 0.05) is 19.3 Å². The molecule has 0 aliphatic rings. The summed E-state index contributed by atoms with van der Waals surface area (Å²) in [7, 11) is 1.61. The first kappa shape index (κ1) is 26.1. The molecular formula is C25H26N8O3. The number of nitrogens with two attached hydrogens (primary N) is 1. The van der Waals surface area contributed by atoms with Crippen LogP contribution < -0.4 is 11.2 Å². The summed E-state index contributed by atoms with van der Waals surface area (Å²) in [6.07, 6.45) is 1.48. The number of amides is 1. The molecule has 11 nitrogen and oxygen atoms in total. The van der Waals surface area contributed by atoms with Crippen LogP contribution in [0.3, 0.4) is 0 Å². The number of anilines is 1.